The van der Waals surface area contributed by atoms with Gasteiger partial charge in [0.05, 0.1) is 0 Å². The lowest BCUT2D eigenvalue weighted by molar-refractivity contribution is 0.0335. The van der Waals surface area contributed by atoms with E-state index in [1.807, 2.05) is 0 Å². The third-order valence-electron chi connectivity index (χ3n) is 6.30. The Bertz CT molecular complexity index is 282. The van der Waals surface area contributed by atoms with E-state index in [2.05, 4.69) is 32.6 Å². The van der Waals surface area contributed by atoms with E-state index >= 15 is 0 Å². The van der Waals surface area contributed by atoms with Crippen molar-refractivity contribution >= 4 is 0 Å². The van der Waals surface area contributed by atoms with Crippen molar-refractivity contribution in [3.8, 4) is 0 Å². The van der Waals surface area contributed by atoms with E-state index in [0.717, 1.165) is 17.8 Å². The molecule has 2 rings (SSSR count). The molecule has 2 aliphatic rings. The summed E-state index contributed by atoms with van der Waals surface area (Å²) >= 11 is 0. The first-order valence-corrected chi connectivity index (χ1v) is 9.04. The smallest absolute Gasteiger partial charge is 0.0357 e. The summed E-state index contributed by atoms with van der Waals surface area (Å²) in [5.74, 6) is 2.45. The molecule has 20 heavy (non-hydrogen) atoms. The van der Waals surface area contributed by atoms with Crippen LogP contribution in [0.2, 0.25) is 0 Å². The molecule has 0 aromatic heterocycles. The van der Waals surface area contributed by atoms with Crippen LogP contribution >= 0.6 is 0 Å². The van der Waals surface area contributed by atoms with Crippen LogP contribution in [0.5, 0.6) is 0 Å². The van der Waals surface area contributed by atoms with Crippen molar-refractivity contribution in [1.29, 1.82) is 0 Å². The number of nitrogens with two attached hydrogens (primary N) is 1. The van der Waals surface area contributed by atoms with Crippen molar-refractivity contribution < 1.29 is 0 Å². The molecular weight excluding hydrogens is 244 g/mol. The number of rotatable bonds is 5. The molecule has 3 atom stereocenters. The average Bonchev–Trinajstić information content (AvgIpc) is 2.94. The monoisotopic (exact) mass is 280 g/mol. The largest absolute Gasteiger partial charge is 0.326 e. The van der Waals surface area contributed by atoms with Crippen LogP contribution in [0, 0.1) is 17.8 Å². The predicted octanol–water partition coefficient (Wildman–Crippen LogP) is 4.04. The molecule has 3 unspecified atom stereocenters. The summed E-state index contributed by atoms with van der Waals surface area (Å²) in [7, 11) is 0. The third kappa shape index (κ3) is 3.06. The van der Waals surface area contributed by atoms with E-state index in [9.17, 15) is 0 Å². The zero-order chi connectivity index (χ0) is 14.8. The molecule has 1 saturated heterocycles. The predicted molar refractivity (Wildman–Crippen MR) is 87.8 cm³/mol. The second-order valence-electron chi connectivity index (χ2n) is 7.71. The van der Waals surface area contributed by atoms with Crippen molar-refractivity contribution in [2.24, 2.45) is 23.5 Å². The molecule has 0 radical (unpaired) electrons. The molecule has 2 heteroatoms. The molecular formula is C18H36N2. The van der Waals surface area contributed by atoms with Crippen LogP contribution < -0.4 is 5.73 Å². The van der Waals surface area contributed by atoms with Gasteiger partial charge in [-0.05, 0) is 75.8 Å². The Morgan fingerprint density at radius 2 is 1.50 bits per heavy atom. The molecule has 118 valence electrons. The molecule has 0 bridgehead atoms. The van der Waals surface area contributed by atoms with Gasteiger partial charge in [0.15, 0.2) is 0 Å². The summed E-state index contributed by atoms with van der Waals surface area (Å²) in [5.41, 5.74) is 7.17. The molecule has 2 nitrogen and oxygen atoms in total. The zero-order valence-electron chi connectivity index (χ0n) is 14.2. The van der Waals surface area contributed by atoms with Gasteiger partial charge in [-0.25, -0.2) is 0 Å². The normalized spacial score (nSPS) is 34.4. The SMILES string of the molecule is CCC(CC)(C(N)C1CC(C)CC(C)C1)N1CCCC1. The highest BCUT2D eigenvalue weighted by atomic mass is 15.2. The zero-order valence-corrected chi connectivity index (χ0v) is 14.2. The van der Waals surface area contributed by atoms with Gasteiger partial charge in [-0.3, -0.25) is 4.90 Å². The van der Waals surface area contributed by atoms with Gasteiger partial charge in [0.1, 0.15) is 0 Å². The van der Waals surface area contributed by atoms with Gasteiger partial charge in [0.25, 0.3) is 0 Å². The second-order valence-corrected chi connectivity index (χ2v) is 7.71. The van der Waals surface area contributed by atoms with Gasteiger partial charge in [-0.2, -0.15) is 0 Å². The van der Waals surface area contributed by atoms with Crippen molar-refractivity contribution in [2.75, 3.05) is 13.1 Å². The van der Waals surface area contributed by atoms with E-state index in [4.69, 9.17) is 5.73 Å². The maximum Gasteiger partial charge on any atom is 0.0357 e. The molecule has 0 aromatic rings. The number of hydrogen-bond donors (Lipinski definition) is 1. The number of nitrogens with zero attached hydrogens (tertiary/aromatic N) is 1. The van der Waals surface area contributed by atoms with Crippen molar-refractivity contribution in [2.45, 2.75) is 84.2 Å². The van der Waals surface area contributed by atoms with E-state index in [1.165, 1.54) is 58.0 Å². The van der Waals surface area contributed by atoms with Gasteiger partial charge in [-0.15, -0.1) is 0 Å². The van der Waals surface area contributed by atoms with Gasteiger partial charge in [-0.1, -0.05) is 27.7 Å². The lowest BCUT2D eigenvalue weighted by atomic mass is 9.67. The van der Waals surface area contributed by atoms with E-state index < -0.39 is 0 Å². The quantitative estimate of drug-likeness (QED) is 0.823. The number of likely N-dealkylation sites (tertiary alicyclic amines) is 1. The van der Waals surface area contributed by atoms with E-state index in [0.29, 0.717) is 6.04 Å². The lowest BCUT2D eigenvalue weighted by Crippen LogP contribution is -2.61. The van der Waals surface area contributed by atoms with E-state index in [1.54, 1.807) is 0 Å². The molecule has 1 aliphatic carbocycles. The molecule has 1 aliphatic heterocycles. The first-order valence-electron chi connectivity index (χ1n) is 9.04. The summed E-state index contributed by atoms with van der Waals surface area (Å²) in [5, 5.41) is 0. The lowest BCUT2D eigenvalue weighted by Gasteiger charge is -2.50. The van der Waals surface area contributed by atoms with Gasteiger partial charge < -0.3 is 5.73 Å². The Hall–Kier alpha value is -0.0800. The molecule has 2 fully saturated rings. The summed E-state index contributed by atoms with van der Waals surface area (Å²) in [6.07, 6.45) is 9.26. The second kappa shape index (κ2) is 6.79. The fraction of sp³-hybridized carbons (Fsp3) is 1.00. The molecule has 1 saturated carbocycles. The molecule has 1 heterocycles. The van der Waals surface area contributed by atoms with Crippen molar-refractivity contribution in [3.05, 3.63) is 0 Å². The summed E-state index contributed by atoms with van der Waals surface area (Å²) in [6.45, 7) is 12.1. The highest BCUT2D eigenvalue weighted by molar-refractivity contribution is 5.02. The topological polar surface area (TPSA) is 29.3 Å². The highest BCUT2D eigenvalue weighted by Gasteiger charge is 2.44. The number of hydrogen-bond acceptors (Lipinski definition) is 2. The third-order valence-corrected chi connectivity index (χ3v) is 6.30. The van der Waals surface area contributed by atoms with Crippen LogP contribution in [-0.2, 0) is 0 Å². The van der Waals surface area contributed by atoms with Crippen LogP contribution in [-0.4, -0.2) is 29.6 Å². The molecule has 0 amide bonds. The Morgan fingerprint density at radius 1 is 1.00 bits per heavy atom. The first kappa shape index (κ1) is 16.3. The molecule has 0 spiro atoms. The average molecular weight is 280 g/mol. The van der Waals surface area contributed by atoms with Gasteiger partial charge in [0, 0.05) is 11.6 Å². The minimum absolute atomic E-state index is 0.262. The fourth-order valence-corrected chi connectivity index (χ4v) is 5.28. The first-order chi connectivity index (χ1) is 9.53. The fourth-order valence-electron chi connectivity index (χ4n) is 5.28. The standard InChI is InChI=1S/C18H36N2/c1-5-18(6-2,20-9-7-8-10-20)17(19)16-12-14(3)11-15(4)13-16/h14-17H,5-13,19H2,1-4H3. The summed E-state index contributed by atoms with van der Waals surface area (Å²) in [4.78, 5) is 2.74. The molecule has 2 N–H and O–H groups in total. The van der Waals surface area contributed by atoms with E-state index in [-0.39, 0.29) is 5.54 Å². The maximum absolute atomic E-state index is 6.91. The maximum atomic E-state index is 6.91. The highest BCUT2D eigenvalue weighted by Crippen LogP contribution is 2.41. The van der Waals surface area contributed by atoms with Crippen LogP contribution in [0.15, 0.2) is 0 Å². The minimum Gasteiger partial charge on any atom is -0.326 e. The van der Waals surface area contributed by atoms with Crippen LogP contribution in [0.3, 0.4) is 0 Å². The van der Waals surface area contributed by atoms with Crippen LogP contribution in [0.4, 0.5) is 0 Å². The Kier molecular flexibility index (Phi) is 5.53. The van der Waals surface area contributed by atoms with Gasteiger partial charge >= 0.3 is 0 Å². The van der Waals surface area contributed by atoms with Crippen molar-refractivity contribution in [3.63, 3.8) is 0 Å². The van der Waals surface area contributed by atoms with Crippen LogP contribution in [0.1, 0.15) is 72.6 Å². The minimum atomic E-state index is 0.262. The Labute approximate surface area is 126 Å². The molecule has 0 aromatic carbocycles. The Balaban J connectivity index is 2.15. The Morgan fingerprint density at radius 3 is 1.95 bits per heavy atom. The van der Waals surface area contributed by atoms with Gasteiger partial charge in [0.2, 0.25) is 0 Å². The van der Waals surface area contributed by atoms with Crippen LogP contribution in [0.25, 0.3) is 0 Å². The van der Waals surface area contributed by atoms with Crippen molar-refractivity contribution in [1.82, 2.24) is 4.90 Å². The summed E-state index contributed by atoms with van der Waals surface area (Å²) < 4.78 is 0. The summed E-state index contributed by atoms with van der Waals surface area (Å²) in [6, 6.07) is 0.362.